The minimum Gasteiger partial charge on any atom is -0.398 e. The van der Waals surface area contributed by atoms with E-state index in [-0.39, 0.29) is 10.8 Å². The van der Waals surface area contributed by atoms with Gasteiger partial charge in [-0.3, -0.25) is 4.79 Å². The highest BCUT2D eigenvalue weighted by Crippen LogP contribution is 2.22. The molecule has 0 fully saturated rings. The van der Waals surface area contributed by atoms with Crippen molar-refractivity contribution in [2.45, 2.75) is 18.1 Å². The van der Waals surface area contributed by atoms with Gasteiger partial charge in [0.15, 0.2) is 0 Å². The summed E-state index contributed by atoms with van der Waals surface area (Å²) >= 11 is 1.02. The van der Waals surface area contributed by atoms with Gasteiger partial charge in [0.1, 0.15) is 4.21 Å². The predicted molar refractivity (Wildman–Crippen MR) is 66.9 cm³/mol. The third-order valence-electron chi connectivity index (χ3n) is 2.23. The van der Waals surface area contributed by atoms with E-state index in [0.29, 0.717) is 5.69 Å². The van der Waals surface area contributed by atoms with Crippen molar-refractivity contribution in [3.05, 3.63) is 11.4 Å². The van der Waals surface area contributed by atoms with Crippen LogP contribution in [0, 0.1) is 5.41 Å². The van der Waals surface area contributed by atoms with Crippen molar-refractivity contribution in [3.8, 4) is 0 Å². The van der Waals surface area contributed by atoms with Gasteiger partial charge in [-0.2, -0.15) is 0 Å². The number of nitrogen functional groups attached to an aromatic ring is 1. The molecule has 0 bridgehead atoms. The molecule has 96 valence electrons. The maximum atomic E-state index is 11.8. The van der Waals surface area contributed by atoms with Crippen molar-refractivity contribution in [1.82, 2.24) is 4.72 Å². The first-order valence-corrected chi connectivity index (χ1v) is 7.15. The molecule has 5 N–H and O–H groups in total. The minimum atomic E-state index is -3.63. The summed E-state index contributed by atoms with van der Waals surface area (Å²) in [7, 11) is -3.63. The van der Waals surface area contributed by atoms with E-state index in [2.05, 4.69) is 4.72 Å². The maximum Gasteiger partial charge on any atom is 0.250 e. The Kier molecular flexibility index (Phi) is 3.80. The molecule has 0 saturated heterocycles. The van der Waals surface area contributed by atoms with Gasteiger partial charge in [-0.1, -0.05) is 0 Å². The quantitative estimate of drug-likeness (QED) is 0.709. The largest absolute Gasteiger partial charge is 0.398 e. The van der Waals surface area contributed by atoms with E-state index < -0.39 is 21.3 Å². The van der Waals surface area contributed by atoms with Crippen molar-refractivity contribution in [2.75, 3.05) is 12.3 Å². The summed E-state index contributed by atoms with van der Waals surface area (Å²) in [5.74, 6) is -0.564. The first-order valence-electron chi connectivity index (χ1n) is 4.79. The second-order valence-electron chi connectivity index (χ2n) is 4.27. The van der Waals surface area contributed by atoms with Crippen LogP contribution >= 0.6 is 11.3 Å². The molecule has 0 saturated carbocycles. The molecule has 1 rings (SSSR count). The lowest BCUT2D eigenvalue weighted by Gasteiger charge is -2.20. The highest BCUT2D eigenvalue weighted by molar-refractivity contribution is 7.91. The van der Waals surface area contributed by atoms with Crippen molar-refractivity contribution >= 4 is 33.0 Å². The fourth-order valence-corrected chi connectivity index (χ4v) is 3.24. The number of thiophene rings is 1. The van der Waals surface area contributed by atoms with E-state index in [1.54, 1.807) is 13.8 Å². The standard InChI is InChI=1S/C9H15N3O3S2/c1-9(2,8(11)13)5-12-17(14,15)7-3-6(10)4-16-7/h3-4,12H,5,10H2,1-2H3,(H2,11,13). The summed E-state index contributed by atoms with van der Waals surface area (Å²) in [6.07, 6.45) is 0. The van der Waals surface area contributed by atoms with Gasteiger partial charge in [-0.25, -0.2) is 13.1 Å². The average Bonchev–Trinajstić information content (AvgIpc) is 2.63. The van der Waals surface area contributed by atoms with Crippen LogP contribution in [0.2, 0.25) is 0 Å². The van der Waals surface area contributed by atoms with Gasteiger partial charge < -0.3 is 11.5 Å². The fraction of sp³-hybridized carbons (Fsp3) is 0.444. The molecule has 0 unspecified atom stereocenters. The molecule has 6 nitrogen and oxygen atoms in total. The Bertz CT molecular complexity index is 519. The molecule has 8 heteroatoms. The van der Waals surface area contributed by atoms with Gasteiger partial charge in [0, 0.05) is 17.6 Å². The SMILES string of the molecule is CC(C)(CNS(=O)(=O)c1cc(N)cs1)C(N)=O. The number of hydrogen-bond donors (Lipinski definition) is 3. The number of nitrogens with two attached hydrogens (primary N) is 2. The normalized spacial score (nSPS) is 12.6. The zero-order chi connectivity index (χ0) is 13.3. The van der Waals surface area contributed by atoms with Crippen LogP contribution in [0.5, 0.6) is 0 Å². The smallest absolute Gasteiger partial charge is 0.250 e. The van der Waals surface area contributed by atoms with Crippen molar-refractivity contribution in [2.24, 2.45) is 11.1 Å². The summed E-state index contributed by atoms with van der Waals surface area (Å²) in [6.45, 7) is 3.09. The molecule has 1 aromatic rings. The highest BCUT2D eigenvalue weighted by atomic mass is 32.2. The maximum absolute atomic E-state index is 11.8. The minimum absolute atomic E-state index is 0.0531. The van der Waals surface area contributed by atoms with Crippen LogP contribution in [-0.2, 0) is 14.8 Å². The Labute approximate surface area is 104 Å². The van der Waals surface area contributed by atoms with E-state index in [0.717, 1.165) is 11.3 Å². The molecule has 1 amide bonds. The Morgan fingerprint density at radius 3 is 2.53 bits per heavy atom. The lowest BCUT2D eigenvalue weighted by Crippen LogP contribution is -2.42. The van der Waals surface area contributed by atoms with Crippen LogP contribution in [0.4, 0.5) is 5.69 Å². The second kappa shape index (κ2) is 4.63. The number of amides is 1. The zero-order valence-electron chi connectivity index (χ0n) is 9.56. The van der Waals surface area contributed by atoms with Crippen LogP contribution in [0.15, 0.2) is 15.7 Å². The number of rotatable bonds is 5. The Morgan fingerprint density at radius 1 is 1.53 bits per heavy atom. The summed E-state index contributed by atoms with van der Waals surface area (Å²) in [5.41, 5.74) is 10.1. The highest BCUT2D eigenvalue weighted by Gasteiger charge is 2.28. The van der Waals surface area contributed by atoms with Gasteiger partial charge in [0.2, 0.25) is 15.9 Å². The lowest BCUT2D eigenvalue weighted by molar-refractivity contribution is -0.125. The first-order chi connectivity index (χ1) is 7.65. The summed E-state index contributed by atoms with van der Waals surface area (Å²) < 4.78 is 26.1. The van der Waals surface area contributed by atoms with E-state index >= 15 is 0 Å². The van der Waals surface area contributed by atoms with Gasteiger partial charge >= 0.3 is 0 Å². The van der Waals surface area contributed by atoms with E-state index in [1.807, 2.05) is 0 Å². The van der Waals surface area contributed by atoms with E-state index in [4.69, 9.17) is 11.5 Å². The van der Waals surface area contributed by atoms with Gasteiger partial charge in [-0.15, -0.1) is 11.3 Å². The third kappa shape index (κ3) is 3.42. The second-order valence-corrected chi connectivity index (χ2v) is 7.18. The van der Waals surface area contributed by atoms with Gasteiger partial charge in [0.05, 0.1) is 5.41 Å². The molecule has 0 atom stereocenters. The monoisotopic (exact) mass is 277 g/mol. The number of hydrogen-bond acceptors (Lipinski definition) is 5. The Hall–Kier alpha value is -1.12. The number of primary amides is 1. The van der Waals surface area contributed by atoms with Crippen LogP contribution < -0.4 is 16.2 Å². The van der Waals surface area contributed by atoms with Crippen LogP contribution in [0.25, 0.3) is 0 Å². The lowest BCUT2D eigenvalue weighted by atomic mass is 9.93. The van der Waals surface area contributed by atoms with Crippen molar-refractivity contribution < 1.29 is 13.2 Å². The topological polar surface area (TPSA) is 115 Å². The zero-order valence-corrected chi connectivity index (χ0v) is 11.2. The number of carbonyl (C=O) groups excluding carboxylic acids is 1. The molecular formula is C9H15N3O3S2. The third-order valence-corrected chi connectivity index (χ3v) is 5.09. The molecule has 0 radical (unpaired) electrons. The van der Waals surface area contributed by atoms with Crippen molar-refractivity contribution in [1.29, 1.82) is 0 Å². The first kappa shape index (κ1) is 13.9. The van der Waals surface area contributed by atoms with Crippen molar-refractivity contribution in [3.63, 3.8) is 0 Å². The van der Waals surface area contributed by atoms with Crippen LogP contribution in [-0.4, -0.2) is 20.9 Å². The number of nitrogens with one attached hydrogen (secondary N) is 1. The molecule has 1 aromatic heterocycles. The molecule has 1 heterocycles. The molecule has 0 spiro atoms. The van der Waals surface area contributed by atoms with Crippen LogP contribution in [0.1, 0.15) is 13.8 Å². The molecule has 17 heavy (non-hydrogen) atoms. The number of anilines is 1. The summed E-state index contributed by atoms with van der Waals surface area (Å²) in [5, 5.41) is 1.54. The molecular weight excluding hydrogens is 262 g/mol. The summed E-state index contributed by atoms with van der Waals surface area (Å²) in [6, 6.07) is 1.37. The fourth-order valence-electron chi connectivity index (χ4n) is 0.905. The van der Waals surface area contributed by atoms with Gasteiger partial charge in [-0.05, 0) is 19.9 Å². The number of carbonyl (C=O) groups is 1. The Balaban J connectivity index is 2.79. The Morgan fingerprint density at radius 2 is 2.12 bits per heavy atom. The van der Waals surface area contributed by atoms with E-state index in [1.165, 1.54) is 11.4 Å². The number of sulfonamides is 1. The molecule has 0 aliphatic rings. The molecule has 0 aliphatic heterocycles. The van der Waals surface area contributed by atoms with Crippen LogP contribution in [0.3, 0.4) is 0 Å². The molecule has 0 aliphatic carbocycles. The van der Waals surface area contributed by atoms with Gasteiger partial charge in [0.25, 0.3) is 0 Å². The average molecular weight is 277 g/mol. The summed E-state index contributed by atoms with van der Waals surface area (Å²) in [4.78, 5) is 11.0. The van der Waals surface area contributed by atoms with E-state index in [9.17, 15) is 13.2 Å². The molecule has 0 aromatic carbocycles. The predicted octanol–water partition coefficient (Wildman–Crippen LogP) is 0.120.